The smallest absolute Gasteiger partial charge is 0.323 e. The summed E-state index contributed by atoms with van der Waals surface area (Å²) in [4.78, 5) is 23.7. The summed E-state index contributed by atoms with van der Waals surface area (Å²) in [5, 5.41) is 11.7. The highest BCUT2D eigenvalue weighted by atomic mass is 16.4. The molecule has 0 fully saturated rings. The lowest BCUT2D eigenvalue weighted by atomic mass is 10.1. The van der Waals surface area contributed by atoms with E-state index in [0.29, 0.717) is 6.54 Å². The van der Waals surface area contributed by atoms with Crippen LogP contribution in [0, 0.1) is 5.92 Å². The second-order valence-corrected chi connectivity index (χ2v) is 3.61. The first-order valence-electron chi connectivity index (χ1n) is 5.35. The van der Waals surface area contributed by atoms with Crippen molar-refractivity contribution in [3.8, 4) is 0 Å². The Labute approximate surface area is 96.1 Å². The number of hydrogen-bond donors (Lipinski definition) is 2. The Morgan fingerprint density at radius 2 is 2.19 bits per heavy atom. The molecule has 0 spiro atoms. The predicted octanol–water partition coefficient (Wildman–Crippen LogP) is 0.331. The van der Waals surface area contributed by atoms with Crippen LogP contribution in [0.5, 0.6) is 0 Å². The van der Waals surface area contributed by atoms with Crippen LogP contribution in [0.3, 0.4) is 0 Å². The zero-order valence-corrected chi connectivity index (χ0v) is 9.90. The third-order valence-electron chi connectivity index (χ3n) is 2.11. The van der Waals surface area contributed by atoms with Crippen LogP contribution in [0.2, 0.25) is 0 Å². The van der Waals surface area contributed by atoms with E-state index >= 15 is 0 Å². The lowest BCUT2D eigenvalue weighted by molar-refractivity contribution is -0.145. The van der Waals surface area contributed by atoms with Crippen LogP contribution in [-0.4, -0.2) is 48.1 Å². The van der Waals surface area contributed by atoms with Crippen molar-refractivity contribution in [1.82, 2.24) is 10.2 Å². The standard InChI is InChI=1S/C11H20N2O3/c1-4-6-13(8-10(14)15)11(16)9(3)7-12-5-2/h4,9,12H,1,5-8H2,2-3H3,(H,14,15). The number of hydrogen-bond acceptors (Lipinski definition) is 3. The van der Waals surface area contributed by atoms with Gasteiger partial charge in [0.25, 0.3) is 0 Å². The van der Waals surface area contributed by atoms with Crippen molar-refractivity contribution in [2.75, 3.05) is 26.2 Å². The van der Waals surface area contributed by atoms with Crippen molar-refractivity contribution in [2.45, 2.75) is 13.8 Å². The number of carbonyl (C=O) groups excluding carboxylic acids is 1. The average Bonchev–Trinajstić information content (AvgIpc) is 2.23. The lowest BCUT2D eigenvalue weighted by Crippen LogP contribution is -2.41. The summed E-state index contributed by atoms with van der Waals surface area (Å²) in [5.74, 6) is -1.40. The highest BCUT2D eigenvalue weighted by Gasteiger charge is 2.20. The normalized spacial score (nSPS) is 11.9. The molecule has 16 heavy (non-hydrogen) atoms. The van der Waals surface area contributed by atoms with E-state index in [-0.39, 0.29) is 24.9 Å². The summed E-state index contributed by atoms with van der Waals surface area (Å²) in [6.45, 7) is 8.58. The molecule has 0 rings (SSSR count). The fourth-order valence-corrected chi connectivity index (χ4v) is 1.31. The number of nitrogens with zero attached hydrogens (tertiary/aromatic N) is 1. The average molecular weight is 228 g/mol. The van der Waals surface area contributed by atoms with Crippen molar-refractivity contribution < 1.29 is 14.7 Å². The van der Waals surface area contributed by atoms with E-state index in [1.807, 2.05) is 6.92 Å². The zero-order valence-electron chi connectivity index (χ0n) is 9.90. The van der Waals surface area contributed by atoms with Crippen LogP contribution < -0.4 is 5.32 Å². The minimum absolute atomic E-state index is 0.164. The molecular formula is C11H20N2O3. The molecule has 0 aliphatic rings. The maximum Gasteiger partial charge on any atom is 0.323 e. The van der Waals surface area contributed by atoms with Crippen molar-refractivity contribution in [3.63, 3.8) is 0 Å². The van der Waals surface area contributed by atoms with Gasteiger partial charge in [-0.25, -0.2) is 0 Å². The first-order valence-corrected chi connectivity index (χ1v) is 5.35. The molecule has 0 aromatic rings. The summed E-state index contributed by atoms with van der Waals surface area (Å²) in [7, 11) is 0. The molecule has 0 aromatic carbocycles. The summed E-state index contributed by atoms with van der Waals surface area (Å²) in [6.07, 6.45) is 1.53. The highest BCUT2D eigenvalue weighted by Crippen LogP contribution is 2.02. The fourth-order valence-electron chi connectivity index (χ4n) is 1.31. The van der Waals surface area contributed by atoms with Gasteiger partial charge in [-0.15, -0.1) is 6.58 Å². The van der Waals surface area contributed by atoms with Gasteiger partial charge in [0.1, 0.15) is 6.54 Å². The molecule has 1 unspecified atom stereocenters. The molecule has 0 aliphatic heterocycles. The highest BCUT2D eigenvalue weighted by molar-refractivity contribution is 5.83. The van der Waals surface area contributed by atoms with Crippen molar-refractivity contribution >= 4 is 11.9 Å². The van der Waals surface area contributed by atoms with E-state index < -0.39 is 5.97 Å². The Balaban J connectivity index is 4.34. The van der Waals surface area contributed by atoms with Crippen LogP contribution in [-0.2, 0) is 9.59 Å². The van der Waals surface area contributed by atoms with Gasteiger partial charge >= 0.3 is 5.97 Å². The monoisotopic (exact) mass is 228 g/mol. The molecule has 0 aromatic heterocycles. The van der Waals surface area contributed by atoms with E-state index in [9.17, 15) is 9.59 Å². The van der Waals surface area contributed by atoms with Gasteiger partial charge in [-0.2, -0.15) is 0 Å². The second kappa shape index (κ2) is 7.87. The minimum Gasteiger partial charge on any atom is -0.480 e. The molecular weight excluding hydrogens is 208 g/mol. The summed E-state index contributed by atoms with van der Waals surface area (Å²) >= 11 is 0. The number of carboxylic acids is 1. The first kappa shape index (κ1) is 14.6. The Kier molecular flexibility index (Phi) is 7.20. The molecule has 0 bridgehead atoms. The van der Waals surface area contributed by atoms with Gasteiger partial charge in [-0.1, -0.05) is 19.9 Å². The summed E-state index contributed by atoms with van der Waals surface area (Å²) in [5.41, 5.74) is 0. The van der Waals surface area contributed by atoms with Gasteiger partial charge in [0.2, 0.25) is 5.91 Å². The van der Waals surface area contributed by atoms with Gasteiger partial charge in [0.05, 0.1) is 0 Å². The summed E-state index contributed by atoms with van der Waals surface area (Å²) in [6, 6.07) is 0. The molecule has 0 heterocycles. The molecule has 0 saturated heterocycles. The van der Waals surface area contributed by atoms with Crippen LogP contribution in [0.25, 0.3) is 0 Å². The van der Waals surface area contributed by atoms with Gasteiger partial charge in [-0.05, 0) is 6.54 Å². The SMILES string of the molecule is C=CCN(CC(=O)O)C(=O)C(C)CNCC. The molecule has 0 aliphatic carbocycles. The Hall–Kier alpha value is -1.36. The molecule has 1 amide bonds. The molecule has 0 saturated carbocycles. The van der Waals surface area contributed by atoms with Crippen molar-refractivity contribution in [1.29, 1.82) is 0 Å². The number of rotatable bonds is 8. The topological polar surface area (TPSA) is 69.6 Å². The molecule has 5 nitrogen and oxygen atoms in total. The van der Waals surface area contributed by atoms with Gasteiger partial charge < -0.3 is 15.3 Å². The minimum atomic E-state index is -1.01. The van der Waals surface area contributed by atoms with Gasteiger partial charge in [0.15, 0.2) is 0 Å². The number of carbonyl (C=O) groups is 2. The van der Waals surface area contributed by atoms with Crippen LogP contribution in [0.15, 0.2) is 12.7 Å². The van der Waals surface area contributed by atoms with Crippen LogP contribution in [0.4, 0.5) is 0 Å². The molecule has 2 N–H and O–H groups in total. The largest absolute Gasteiger partial charge is 0.480 e. The molecule has 92 valence electrons. The first-order chi connectivity index (χ1) is 7.52. The van der Waals surface area contributed by atoms with E-state index in [0.717, 1.165) is 6.54 Å². The zero-order chi connectivity index (χ0) is 12.6. The van der Waals surface area contributed by atoms with Gasteiger partial charge in [0, 0.05) is 19.0 Å². The molecule has 5 heteroatoms. The molecule has 1 atom stereocenters. The van der Waals surface area contributed by atoms with E-state index in [1.54, 1.807) is 6.92 Å². The fraction of sp³-hybridized carbons (Fsp3) is 0.636. The van der Waals surface area contributed by atoms with Crippen LogP contribution in [0.1, 0.15) is 13.8 Å². The number of nitrogens with one attached hydrogen (secondary N) is 1. The van der Waals surface area contributed by atoms with Crippen molar-refractivity contribution in [2.24, 2.45) is 5.92 Å². The Morgan fingerprint density at radius 3 is 2.62 bits per heavy atom. The number of carboxylic acid groups (broad SMARTS) is 1. The Bertz CT molecular complexity index is 254. The third kappa shape index (κ3) is 5.50. The van der Waals surface area contributed by atoms with E-state index in [2.05, 4.69) is 11.9 Å². The third-order valence-corrected chi connectivity index (χ3v) is 2.11. The van der Waals surface area contributed by atoms with E-state index in [1.165, 1.54) is 11.0 Å². The Morgan fingerprint density at radius 1 is 1.56 bits per heavy atom. The molecule has 0 radical (unpaired) electrons. The number of amides is 1. The lowest BCUT2D eigenvalue weighted by Gasteiger charge is -2.22. The van der Waals surface area contributed by atoms with Crippen LogP contribution >= 0.6 is 0 Å². The number of aliphatic carboxylic acids is 1. The second-order valence-electron chi connectivity index (χ2n) is 3.61. The maximum absolute atomic E-state index is 11.8. The van der Waals surface area contributed by atoms with E-state index in [4.69, 9.17) is 5.11 Å². The van der Waals surface area contributed by atoms with Crippen molar-refractivity contribution in [3.05, 3.63) is 12.7 Å². The maximum atomic E-state index is 11.8. The predicted molar refractivity (Wildman–Crippen MR) is 62.1 cm³/mol. The quantitative estimate of drug-likeness (QED) is 0.587. The summed E-state index contributed by atoms with van der Waals surface area (Å²) < 4.78 is 0. The van der Waals surface area contributed by atoms with Gasteiger partial charge in [-0.3, -0.25) is 9.59 Å².